The standard InChI is InChI=1S/C17H13N3O4S/c21-16(14-4-3-11-23-14)19-17(22)20-25-13-8-6-12(7-9-13)24-15-5-1-2-10-18-15/h1-11H,(H2,19,20,21,22). The van der Waals surface area contributed by atoms with Crippen LogP contribution in [0.5, 0.6) is 11.6 Å². The number of imide groups is 1. The van der Waals surface area contributed by atoms with Crippen molar-refractivity contribution in [2.75, 3.05) is 0 Å². The largest absolute Gasteiger partial charge is 0.459 e. The van der Waals surface area contributed by atoms with Crippen molar-refractivity contribution in [3.63, 3.8) is 0 Å². The summed E-state index contributed by atoms with van der Waals surface area (Å²) < 4.78 is 13.0. The Bertz CT molecular complexity index is 836. The van der Waals surface area contributed by atoms with E-state index in [1.54, 1.807) is 48.7 Å². The van der Waals surface area contributed by atoms with E-state index >= 15 is 0 Å². The highest BCUT2D eigenvalue weighted by Gasteiger charge is 2.12. The van der Waals surface area contributed by atoms with Gasteiger partial charge in [-0.2, -0.15) is 0 Å². The van der Waals surface area contributed by atoms with Gasteiger partial charge in [0.05, 0.1) is 6.26 Å². The van der Waals surface area contributed by atoms with Gasteiger partial charge in [0.25, 0.3) is 5.91 Å². The number of aromatic nitrogens is 1. The second kappa shape index (κ2) is 8.02. The molecule has 3 aromatic rings. The molecule has 2 heterocycles. The van der Waals surface area contributed by atoms with Gasteiger partial charge in [-0.15, -0.1) is 0 Å². The average molecular weight is 355 g/mol. The monoisotopic (exact) mass is 355 g/mol. The maximum absolute atomic E-state index is 11.7. The van der Waals surface area contributed by atoms with E-state index in [4.69, 9.17) is 9.15 Å². The molecule has 126 valence electrons. The molecule has 0 aliphatic rings. The molecule has 7 nitrogen and oxygen atoms in total. The van der Waals surface area contributed by atoms with Gasteiger partial charge in [-0.3, -0.25) is 14.8 Å². The summed E-state index contributed by atoms with van der Waals surface area (Å²) in [4.78, 5) is 28.2. The summed E-state index contributed by atoms with van der Waals surface area (Å²) in [5.74, 6) is 0.579. The van der Waals surface area contributed by atoms with E-state index in [9.17, 15) is 9.59 Å². The lowest BCUT2D eigenvalue weighted by molar-refractivity contribution is 0.0938. The molecular weight excluding hydrogens is 342 g/mol. The van der Waals surface area contributed by atoms with Gasteiger partial charge in [0, 0.05) is 17.2 Å². The van der Waals surface area contributed by atoms with Crippen molar-refractivity contribution in [1.82, 2.24) is 15.0 Å². The fourth-order valence-corrected chi connectivity index (χ4v) is 2.34. The highest BCUT2D eigenvalue weighted by atomic mass is 32.2. The van der Waals surface area contributed by atoms with Crippen molar-refractivity contribution in [2.45, 2.75) is 4.90 Å². The van der Waals surface area contributed by atoms with Crippen LogP contribution in [0.4, 0.5) is 4.79 Å². The first kappa shape index (κ1) is 16.6. The molecule has 8 heteroatoms. The number of nitrogens with one attached hydrogen (secondary N) is 2. The molecule has 0 bridgehead atoms. The Balaban J connectivity index is 1.48. The third-order valence-electron chi connectivity index (χ3n) is 2.92. The highest BCUT2D eigenvalue weighted by Crippen LogP contribution is 2.22. The zero-order chi connectivity index (χ0) is 17.5. The Labute approximate surface area is 147 Å². The number of urea groups is 1. The van der Waals surface area contributed by atoms with Gasteiger partial charge in [-0.25, -0.2) is 9.78 Å². The zero-order valence-corrected chi connectivity index (χ0v) is 13.7. The number of rotatable bonds is 5. The van der Waals surface area contributed by atoms with Crippen LogP contribution >= 0.6 is 11.9 Å². The zero-order valence-electron chi connectivity index (χ0n) is 12.8. The summed E-state index contributed by atoms with van der Waals surface area (Å²) in [6, 6.07) is 14.8. The molecule has 0 spiro atoms. The number of furan rings is 1. The second-order valence-electron chi connectivity index (χ2n) is 4.71. The summed E-state index contributed by atoms with van der Waals surface area (Å²) >= 11 is 1.07. The summed E-state index contributed by atoms with van der Waals surface area (Å²) in [5, 5.41) is 2.16. The minimum absolute atomic E-state index is 0.0659. The lowest BCUT2D eigenvalue weighted by atomic mass is 10.3. The van der Waals surface area contributed by atoms with Crippen molar-refractivity contribution in [2.24, 2.45) is 0 Å². The molecule has 0 saturated heterocycles. The van der Waals surface area contributed by atoms with Gasteiger partial charge in [0.15, 0.2) is 5.76 Å². The topological polar surface area (TPSA) is 93.5 Å². The third-order valence-corrected chi connectivity index (χ3v) is 3.71. The average Bonchev–Trinajstić information content (AvgIpc) is 3.17. The molecule has 3 rings (SSSR count). The molecule has 0 radical (unpaired) electrons. The molecule has 2 N–H and O–H groups in total. The van der Waals surface area contributed by atoms with E-state index < -0.39 is 11.9 Å². The van der Waals surface area contributed by atoms with Gasteiger partial charge in [-0.1, -0.05) is 6.07 Å². The van der Waals surface area contributed by atoms with Crippen LogP contribution < -0.4 is 14.8 Å². The smallest absolute Gasteiger partial charge is 0.332 e. The van der Waals surface area contributed by atoms with Gasteiger partial charge < -0.3 is 9.15 Å². The number of hydrogen-bond acceptors (Lipinski definition) is 6. The van der Waals surface area contributed by atoms with Crippen LogP contribution in [0.1, 0.15) is 10.6 Å². The minimum Gasteiger partial charge on any atom is -0.459 e. The predicted octanol–water partition coefficient (Wildman–Crippen LogP) is 3.61. The fraction of sp³-hybridized carbons (Fsp3) is 0. The van der Waals surface area contributed by atoms with Crippen molar-refractivity contribution in [3.05, 3.63) is 72.8 Å². The number of benzene rings is 1. The Morgan fingerprint density at radius 2 is 1.88 bits per heavy atom. The number of amides is 3. The molecule has 0 aliphatic carbocycles. The number of nitrogens with zero attached hydrogens (tertiary/aromatic N) is 1. The highest BCUT2D eigenvalue weighted by molar-refractivity contribution is 7.98. The summed E-state index contributed by atoms with van der Waals surface area (Å²) in [6.45, 7) is 0. The van der Waals surface area contributed by atoms with E-state index in [1.807, 2.05) is 6.07 Å². The molecule has 0 atom stereocenters. The third kappa shape index (κ3) is 4.85. The number of carbonyl (C=O) groups is 2. The Morgan fingerprint density at radius 3 is 2.56 bits per heavy atom. The summed E-state index contributed by atoms with van der Waals surface area (Å²) in [7, 11) is 0. The predicted molar refractivity (Wildman–Crippen MR) is 91.3 cm³/mol. The fourth-order valence-electron chi connectivity index (χ4n) is 1.81. The van der Waals surface area contributed by atoms with Crippen LogP contribution in [0.2, 0.25) is 0 Å². The quantitative estimate of drug-likeness (QED) is 0.679. The van der Waals surface area contributed by atoms with Crippen LogP contribution in [-0.2, 0) is 0 Å². The van der Waals surface area contributed by atoms with E-state index in [0.29, 0.717) is 11.6 Å². The summed E-state index contributed by atoms with van der Waals surface area (Å²) in [6.07, 6.45) is 3.00. The van der Waals surface area contributed by atoms with Gasteiger partial charge in [0.2, 0.25) is 5.88 Å². The number of carbonyl (C=O) groups excluding carboxylic acids is 2. The van der Waals surface area contributed by atoms with Crippen molar-refractivity contribution in [1.29, 1.82) is 0 Å². The second-order valence-corrected chi connectivity index (χ2v) is 5.59. The van der Waals surface area contributed by atoms with E-state index in [-0.39, 0.29) is 5.76 Å². The van der Waals surface area contributed by atoms with E-state index in [1.165, 1.54) is 12.3 Å². The van der Waals surface area contributed by atoms with Crippen LogP contribution in [-0.4, -0.2) is 16.9 Å². The lowest BCUT2D eigenvalue weighted by Crippen LogP contribution is -2.36. The van der Waals surface area contributed by atoms with Crippen LogP contribution in [0.25, 0.3) is 0 Å². The molecule has 3 amide bonds. The van der Waals surface area contributed by atoms with E-state index in [2.05, 4.69) is 15.0 Å². The van der Waals surface area contributed by atoms with Gasteiger partial charge in [0.1, 0.15) is 5.75 Å². The maximum atomic E-state index is 11.7. The SMILES string of the molecule is O=C(NSc1ccc(Oc2ccccn2)cc1)NC(=O)c1ccco1. The number of hydrogen-bond donors (Lipinski definition) is 2. The lowest BCUT2D eigenvalue weighted by Gasteiger charge is -2.07. The molecule has 0 saturated carbocycles. The first-order valence-electron chi connectivity index (χ1n) is 7.21. The molecule has 0 unspecified atom stereocenters. The van der Waals surface area contributed by atoms with Gasteiger partial charge >= 0.3 is 6.03 Å². The van der Waals surface area contributed by atoms with E-state index in [0.717, 1.165) is 16.8 Å². The first-order chi connectivity index (χ1) is 12.2. The maximum Gasteiger partial charge on any atom is 0.332 e. The minimum atomic E-state index is -0.639. The van der Waals surface area contributed by atoms with Crippen molar-refractivity contribution < 1.29 is 18.7 Å². The van der Waals surface area contributed by atoms with Gasteiger partial charge in [-0.05, 0) is 54.4 Å². The van der Waals surface area contributed by atoms with Crippen molar-refractivity contribution in [3.8, 4) is 11.6 Å². The molecule has 0 aliphatic heterocycles. The Morgan fingerprint density at radius 1 is 1.04 bits per heavy atom. The molecule has 2 aromatic heterocycles. The first-order valence-corrected chi connectivity index (χ1v) is 8.03. The summed E-state index contributed by atoms with van der Waals surface area (Å²) in [5.41, 5.74) is 0. The van der Waals surface area contributed by atoms with Crippen molar-refractivity contribution >= 4 is 23.9 Å². The van der Waals surface area contributed by atoms with Crippen LogP contribution in [0.3, 0.4) is 0 Å². The molecule has 1 aromatic carbocycles. The number of pyridine rings is 1. The van der Waals surface area contributed by atoms with Crippen LogP contribution in [0, 0.1) is 0 Å². The van der Waals surface area contributed by atoms with Crippen LogP contribution in [0.15, 0.2) is 76.4 Å². The normalized spacial score (nSPS) is 10.1. The number of ether oxygens (including phenoxy) is 1. The molecular formula is C17H13N3O4S. The Kier molecular flexibility index (Phi) is 5.32. The molecule has 0 fully saturated rings. The molecule has 25 heavy (non-hydrogen) atoms. The Hall–Kier alpha value is -3.26.